The van der Waals surface area contributed by atoms with Crippen LogP contribution in [0.5, 0.6) is 0 Å². The number of rotatable bonds is 3. The maximum Gasteiger partial charge on any atom is 0.402 e. The summed E-state index contributed by atoms with van der Waals surface area (Å²) in [4.78, 5) is 2.39. The Balaban J connectivity index is 0.000000491. The Bertz CT molecular complexity index is 732. The first-order valence-corrected chi connectivity index (χ1v) is 8.59. The zero-order valence-corrected chi connectivity index (χ0v) is 15.4. The van der Waals surface area contributed by atoms with Crippen LogP contribution in [0.4, 0.5) is 26.3 Å². The first kappa shape index (κ1) is 25.4. The number of halogens is 6. The summed E-state index contributed by atoms with van der Waals surface area (Å²) in [6, 6.07) is 14.9. The zero-order chi connectivity index (χ0) is 20.2. The van der Waals surface area contributed by atoms with Gasteiger partial charge in [0.2, 0.25) is 0 Å². The normalized spacial score (nSPS) is 12.0. The summed E-state index contributed by atoms with van der Waals surface area (Å²) in [7, 11) is 0. The fourth-order valence-electron chi connectivity index (χ4n) is 1.99. The Labute approximate surface area is 160 Å². The largest absolute Gasteiger partial charge is 0.402 e. The van der Waals surface area contributed by atoms with Gasteiger partial charge in [-0.05, 0) is 48.1 Å². The molecule has 7 heteroatoms. The molecule has 0 heterocycles. The molecule has 0 aliphatic heterocycles. The maximum atomic E-state index is 11.9. The van der Waals surface area contributed by atoms with Crippen molar-refractivity contribution in [1.82, 2.24) is 0 Å². The lowest BCUT2D eigenvalue weighted by atomic mass is 9.86. The van der Waals surface area contributed by atoms with E-state index in [1.54, 1.807) is 11.8 Å². The van der Waals surface area contributed by atoms with Crippen molar-refractivity contribution in [3.8, 4) is 0 Å². The van der Waals surface area contributed by atoms with E-state index in [0.717, 1.165) is 11.8 Å². The number of hydrogen-bond donors (Lipinski definition) is 0. The molecule has 0 bridgehead atoms. The second-order valence-electron chi connectivity index (χ2n) is 5.99. The third-order valence-electron chi connectivity index (χ3n) is 3.97. The summed E-state index contributed by atoms with van der Waals surface area (Å²) < 4.78 is 71.3. The van der Waals surface area contributed by atoms with Gasteiger partial charge < -0.3 is 0 Å². The van der Waals surface area contributed by atoms with Gasteiger partial charge in [-0.25, -0.2) is 0 Å². The third kappa shape index (κ3) is 6.48. The van der Waals surface area contributed by atoms with Crippen LogP contribution in [0.1, 0.15) is 34.6 Å². The van der Waals surface area contributed by atoms with Crippen molar-refractivity contribution in [1.29, 1.82) is 0 Å². The van der Waals surface area contributed by atoms with E-state index in [2.05, 4.69) is 49.0 Å². The molecule has 0 spiro atoms. The van der Waals surface area contributed by atoms with E-state index in [1.807, 2.05) is 6.92 Å². The SMILES string of the molecule is C.C=C(C)Sc1ccc2ccccc2c1.CCC(C)(C(F)(F)F)C(F)(F)F. The van der Waals surface area contributed by atoms with Gasteiger partial charge >= 0.3 is 12.4 Å². The quantitative estimate of drug-likeness (QED) is 0.360. The van der Waals surface area contributed by atoms with Gasteiger partial charge in [0.1, 0.15) is 0 Å². The molecule has 2 aromatic carbocycles. The van der Waals surface area contributed by atoms with Crippen LogP contribution in [0.2, 0.25) is 0 Å². The monoisotopic (exact) mass is 410 g/mol. The molecule has 0 unspecified atom stereocenters. The van der Waals surface area contributed by atoms with Gasteiger partial charge in [0.25, 0.3) is 0 Å². The van der Waals surface area contributed by atoms with Crippen molar-refractivity contribution in [2.45, 2.75) is 51.9 Å². The van der Waals surface area contributed by atoms with Gasteiger partial charge in [0.15, 0.2) is 5.41 Å². The molecule has 0 aliphatic carbocycles. The van der Waals surface area contributed by atoms with E-state index in [0.29, 0.717) is 0 Å². The summed E-state index contributed by atoms with van der Waals surface area (Å²) in [6.07, 6.45) is -11.5. The second-order valence-corrected chi connectivity index (χ2v) is 7.37. The Morgan fingerprint density at radius 3 is 1.78 bits per heavy atom. The van der Waals surface area contributed by atoms with Crippen molar-refractivity contribution in [3.05, 3.63) is 53.9 Å². The van der Waals surface area contributed by atoms with Gasteiger partial charge in [-0.3, -0.25) is 0 Å². The van der Waals surface area contributed by atoms with Crippen LogP contribution in [0.25, 0.3) is 10.8 Å². The molecule has 0 aromatic heterocycles. The molecule has 152 valence electrons. The number of hydrogen-bond acceptors (Lipinski definition) is 1. The molecule has 2 aromatic rings. The molecule has 0 nitrogen and oxygen atoms in total. The highest BCUT2D eigenvalue weighted by Crippen LogP contribution is 2.51. The number of benzene rings is 2. The number of thioether (sulfide) groups is 1. The van der Waals surface area contributed by atoms with Crippen LogP contribution in [-0.2, 0) is 0 Å². The van der Waals surface area contributed by atoms with Crippen molar-refractivity contribution in [3.63, 3.8) is 0 Å². The lowest BCUT2D eigenvalue weighted by molar-refractivity contribution is -0.335. The average molecular weight is 410 g/mol. The highest BCUT2D eigenvalue weighted by molar-refractivity contribution is 8.03. The van der Waals surface area contributed by atoms with E-state index < -0.39 is 24.2 Å². The van der Waals surface area contributed by atoms with Gasteiger partial charge in [-0.2, -0.15) is 26.3 Å². The number of allylic oxidation sites excluding steroid dienone is 1. The standard InChI is InChI=1S/C13H12S.C6H8F6.CH4/c1-10(2)14-13-8-7-11-5-3-4-6-12(11)9-13;1-3-4(2,5(7,8)9)6(10,11)12;/h3-9H,1H2,2H3;3H2,1-2H3;1H4. The van der Waals surface area contributed by atoms with Crippen LogP contribution < -0.4 is 0 Å². The molecule has 0 atom stereocenters. The number of alkyl halides is 6. The summed E-state index contributed by atoms with van der Waals surface area (Å²) in [5.41, 5.74) is -3.58. The van der Waals surface area contributed by atoms with Gasteiger partial charge in [0, 0.05) is 4.90 Å². The number of fused-ring (bicyclic) bond motifs is 1. The Kier molecular flexibility index (Phi) is 8.96. The predicted molar refractivity (Wildman–Crippen MR) is 102 cm³/mol. The lowest BCUT2D eigenvalue weighted by Gasteiger charge is -2.32. The van der Waals surface area contributed by atoms with E-state index in [-0.39, 0.29) is 14.4 Å². The average Bonchev–Trinajstić information content (AvgIpc) is 2.51. The minimum absolute atomic E-state index is 0. The third-order valence-corrected chi connectivity index (χ3v) is 4.81. The molecule has 27 heavy (non-hydrogen) atoms. The predicted octanol–water partition coefficient (Wildman–Crippen LogP) is 8.63. The summed E-state index contributed by atoms with van der Waals surface area (Å²) in [6.45, 7) is 6.94. The first-order chi connectivity index (χ1) is 11.8. The van der Waals surface area contributed by atoms with E-state index in [4.69, 9.17) is 0 Å². The van der Waals surface area contributed by atoms with Crippen LogP contribution >= 0.6 is 11.8 Å². The Morgan fingerprint density at radius 1 is 0.926 bits per heavy atom. The minimum atomic E-state index is -5.24. The van der Waals surface area contributed by atoms with Gasteiger partial charge in [-0.15, -0.1) is 0 Å². The van der Waals surface area contributed by atoms with Crippen LogP contribution in [0.3, 0.4) is 0 Å². The van der Waals surface area contributed by atoms with Gasteiger partial charge in [0.05, 0.1) is 0 Å². The Morgan fingerprint density at radius 2 is 1.41 bits per heavy atom. The van der Waals surface area contributed by atoms with Crippen molar-refractivity contribution in [2.24, 2.45) is 5.41 Å². The fraction of sp³-hybridized carbons (Fsp3) is 0.400. The molecule has 0 fully saturated rings. The first-order valence-electron chi connectivity index (χ1n) is 7.77. The Hall–Kier alpha value is -1.63. The highest BCUT2D eigenvalue weighted by atomic mass is 32.2. The zero-order valence-electron chi connectivity index (χ0n) is 14.6. The molecule has 0 aliphatic rings. The molecule has 0 amide bonds. The topological polar surface area (TPSA) is 0 Å². The second kappa shape index (κ2) is 9.53. The highest BCUT2D eigenvalue weighted by Gasteiger charge is 2.66. The smallest absolute Gasteiger partial charge is 0.170 e. The fourth-order valence-corrected chi connectivity index (χ4v) is 2.72. The lowest BCUT2D eigenvalue weighted by Crippen LogP contribution is -2.47. The summed E-state index contributed by atoms with van der Waals surface area (Å²) in [5, 5.41) is 2.58. The van der Waals surface area contributed by atoms with E-state index in [1.165, 1.54) is 15.7 Å². The molecular weight excluding hydrogens is 386 g/mol. The molecule has 0 N–H and O–H groups in total. The molecule has 0 radical (unpaired) electrons. The molecule has 0 saturated carbocycles. The molecule has 0 saturated heterocycles. The molecule has 2 rings (SSSR count). The van der Waals surface area contributed by atoms with Crippen LogP contribution in [-0.4, -0.2) is 12.4 Å². The summed E-state index contributed by atoms with van der Waals surface area (Å²) in [5.74, 6) is 0. The minimum Gasteiger partial charge on any atom is -0.170 e. The van der Waals surface area contributed by atoms with Crippen molar-refractivity contribution in [2.75, 3.05) is 0 Å². The maximum absolute atomic E-state index is 11.9. The summed E-state index contributed by atoms with van der Waals surface area (Å²) >= 11 is 1.72. The molecular formula is C20H24F6S. The van der Waals surface area contributed by atoms with Crippen LogP contribution in [0, 0.1) is 5.41 Å². The van der Waals surface area contributed by atoms with E-state index in [9.17, 15) is 26.3 Å². The van der Waals surface area contributed by atoms with Crippen molar-refractivity contribution < 1.29 is 26.3 Å². The van der Waals surface area contributed by atoms with Gasteiger partial charge in [-0.1, -0.05) is 63.0 Å². The van der Waals surface area contributed by atoms with Crippen LogP contribution in [0.15, 0.2) is 58.8 Å². The van der Waals surface area contributed by atoms with E-state index >= 15 is 0 Å². The van der Waals surface area contributed by atoms with Crippen molar-refractivity contribution >= 4 is 22.5 Å².